The van der Waals surface area contributed by atoms with Gasteiger partial charge in [0.25, 0.3) is 5.91 Å². The van der Waals surface area contributed by atoms with Gasteiger partial charge in [-0.15, -0.1) is 0 Å². The molecule has 1 fully saturated rings. The number of hydrogen-bond acceptors (Lipinski definition) is 4. The maximum absolute atomic E-state index is 12.6. The molecule has 172 valence electrons. The minimum atomic E-state index is -0.0494. The summed E-state index contributed by atoms with van der Waals surface area (Å²) in [5, 5.41) is 2.08. The number of ketones is 1. The first-order valence-corrected chi connectivity index (χ1v) is 11.8. The molecule has 2 aromatic carbocycles. The van der Waals surface area contributed by atoms with E-state index in [0.29, 0.717) is 57.0 Å². The smallest absolute Gasteiger partial charge is 0.260 e. The number of piperazine rings is 1. The second kappa shape index (κ2) is 12.2. The third-order valence-corrected chi connectivity index (χ3v) is 6.08. The molecular formula is C26H34N2O4. The number of fused-ring (bicyclic) bond motifs is 1. The van der Waals surface area contributed by atoms with Gasteiger partial charge >= 0.3 is 0 Å². The fourth-order valence-electron chi connectivity index (χ4n) is 4.04. The summed E-state index contributed by atoms with van der Waals surface area (Å²) in [4.78, 5) is 40.0. The average Bonchev–Trinajstić information content (AvgIpc) is 2.84. The van der Waals surface area contributed by atoms with Crippen molar-refractivity contribution in [2.75, 3.05) is 32.8 Å². The van der Waals surface area contributed by atoms with E-state index >= 15 is 0 Å². The zero-order valence-corrected chi connectivity index (χ0v) is 19.1. The summed E-state index contributed by atoms with van der Waals surface area (Å²) in [6, 6.07) is 13.8. The number of ether oxygens (including phenoxy) is 1. The molecule has 3 rings (SSSR count). The number of hydrogen-bond donors (Lipinski definition) is 0. The van der Waals surface area contributed by atoms with E-state index in [-0.39, 0.29) is 18.4 Å². The van der Waals surface area contributed by atoms with E-state index in [4.69, 9.17) is 4.74 Å². The van der Waals surface area contributed by atoms with Gasteiger partial charge in [-0.25, -0.2) is 0 Å². The molecule has 1 aliphatic heterocycles. The zero-order chi connectivity index (χ0) is 22.8. The molecule has 0 bridgehead atoms. The number of rotatable bonds is 11. The van der Waals surface area contributed by atoms with Crippen molar-refractivity contribution in [3.05, 3.63) is 42.5 Å². The van der Waals surface area contributed by atoms with Crippen molar-refractivity contribution in [3.8, 4) is 5.75 Å². The van der Waals surface area contributed by atoms with Gasteiger partial charge in [0.05, 0.1) is 0 Å². The zero-order valence-electron chi connectivity index (χ0n) is 19.1. The summed E-state index contributed by atoms with van der Waals surface area (Å²) in [5.41, 5.74) is 0. The molecule has 6 heteroatoms. The van der Waals surface area contributed by atoms with E-state index in [9.17, 15) is 14.4 Å². The average molecular weight is 439 g/mol. The molecule has 2 aromatic rings. The highest BCUT2D eigenvalue weighted by Crippen LogP contribution is 2.25. The maximum atomic E-state index is 12.6. The van der Waals surface area contributed by atoms with Crippen LogP contribution >= 0.6 is 0 Å². The predicted octanol–water partition coefficient (Wildman–Crippen LogP) is 4.21. The molecule has 6 nitrogen and oxygen atoms in total. The Bertz CT molecular complexity index is 914. The molecule has 0 saturated carbocycles. The van der Waals surface area contributed by atoms with Gasteiger partial charge in [0.2, 0.25) is 5.91 Å². The Hall–Kier alpha value is -2.89. The predicted molar refractivity (Wildman–Crippen MR) is 126 cm³/mol. The van der Waals surface area contributed by atoms with Gasteiger partial charge in [-0.1, -0.05) is 56.2 Å². The minimum absolute atomic E-state index is 0.00247. The SMILES string of the molecule is CCC(=O)CCCCCCC(=O)N1CCN(C(=O)COc2cccc3ccccc23)CC1. The van der Waals surface area contributed by atoms with Gasteiger partial charge in [-0.2, -0.15) is 0 Å². The van der Waals surface area contributed by atoms with Crippen molar-refractivity contribution in [2.24, 2.45) is 0 Å². The lowest BCUT2D eigenvalue weighted by Gasteiger charge is -2.34. The van der Waals surface area contributed by atoms with E-state index in [0.717, 1.165) is 36.5 Å². The monoisotopic (exact) mass is 438 g/mol. The van der Waals surface area contributed by atoms with Crippen LogP contribution in [-0.2, 0) is 14.4 Å². The van der Waals surface area contributed by atoms with Crippen molar-refractivity contribution in [2.45, 2.75) is 51.9 Å². The Morgan fingerprint density at radius 2 is 1.41 bits per heavy atom. The van der Waals surface area contributed by atoms with Crippen LogP contribution in [0.25, 0.3) is 10.8 Å². The lowest BCUT2D eigenvalue weighted by atomic mass is 10.1. The molecule has 1 heterocycles. The van der Waals surface area contributed by atoms with E-state index in [1.165, 1.54) is 0 Å². The fraction of sp³-hybridized carbons (Fsp3) is 0.500. The summed E-state index contributed by atoms with van der Waals surface area (Å²) < 4.78 is 5.82. The number of nitrogens with zero attached hydrogens (tertiary/aromatic N) is 2. The van der Waals surface area contributed by atoms with Gasteiger partial charge in [0.15, 0.2) is 6.61 Å². The Morgan fingerprint density at radius 3 is 2.12 bits per heavy atom. The topological polar surface area (TPSA) is 66.9 Å². The van der Waals surface area contributed by atoms with Crippen LogP contribution in [0.2, 0.25) is 0 Å². The van der Waals surface area contributed by atoms with Crippen LogP contribution in [0.4, 0.5) is 0 Å². The molecule has 0 N–H and O–H groups in total. The third-order valence-electron chi connectivity index (χ3n) is 6.08. The number of benzene rings is 2. The van der Waals surface area contributed by atoms with Gasteiger partial charge in [0.1, 0.15) is 11.5 Å². The van der Waals surface area contributed by atoms with Crippen molar-refractivity contribution in [1.82, 2.24) is 9.80 Å². The van der Waals surface area contributed by atoms with Crippen LogP contribution in [0.1, 0.15) is 51.9 Å². The van der Waals surface area contributed by atoms with Crippen LogP contribution < -0.4 is 4.74 Å². The minimum Gasteiger partial charge on any atom is -0.483 e. The van der Waals surface area contributed by atoms with E-state index < -0.39 is 0 Å². The first-order valence-electron chi connectivity index (χ1n) is 11.8. The summed E-state index contributed by atoms with van der Waals surface area (Å²) >= 11 is 0. The summed E-state index contributed by atoms with van der Waals surface area (Å²) in [6.07, 6.45) is 5.57. The standard InChI is InChI=1S/C26H34N2O4/c1-2-22(29)12-5-3-4-6-15-25(30)27-16-18-28(19-17-27)26(31)20-32-24-14-9-11-21-10-7-8-13-23(21)24/h7-11,13-14H,2-6,12,15-20H2,1H3. The van der Waals surface area contributed by atoms with Crippen LogP contribution in [-0.4, -0.2) is 60.2 Å². The van der Waals surface area contributed by atoms with Crippen molar-refractivity contribution in [3.63, 3.8) is 0 Å². The maximum Gasteiger partial charge on any atom is 0.260 e. The molecule has 0 radical (unpaired) electrons. The van der Waals surface area contributed by atoms with Gasteiger partial charge in [-0.05, 0) is 24.3 Å². The molecule has 1 aliphatic rings. The highest BCUT2D eigenvalue weighted by Gasteiger charge is 2.24. The molecule has 0 atom stereocenters. The van der Waals surface area contributed by atoms with Crippen LogP contribution in [0.3, 0.4) is 0 Å². The number of amides is 2. The Morgan fingerprint density at radius 1 is 0.781 bits per heavy atom. The van der Waals surface area contributed by atoms with Crippen molar-refractivity contribution in [1.29, 1.82) is 0 Å². The molecular weight excluding hydrogens is 404 g/mol. The fourth-order valence-corrected chi connectivity index (χ4v) is 4.04. The van der Waals surface area contributed by atoms with Gasteiger partial charge < -0.3 is 14.5 Å². The molecule has 2 amide bonds. The second-order valence-corrected chi connectivity index (χ2v) is 8.33. The van der Waals surface area contributed by atoms with Gasteiger partial charge in [0, 0.05) is 50.8 Å². The number of Topliss-reactive ketones (excluding diaryl/α,β-unsaturated/α-hetero) is 1. The summed E-state index contributed by atoms with van der Waals surface area (Å²) in [5.74, 6) is 1.14. The highest BCUT2D eigenvalue weighted by molar-refractivity contribution is 5.88. The molecule has 0 spiro atoms. The molecule has 0 aromatic heterocycles. The van der Waals surface area contributed by atoms with Gasteiger partial charge in [-0.3, -0.25) is 14.4 Å². The van der Waals surface area contributed by atoms with Crippen molar-refractivity contribution >= 4 is 28.4 Å². The first-order chi connectivity index (χ1) is 15.6. The number of carbonyl (C=O) groups is 3. The first kappa shape index (κ1) is 23.8. The molecule has 0 unspecified atom stereocenters. The summed E-state index contributed by atoms with van der Waals surface area (Å²) in [7, 11) is 0. The lowest BCUT2D eigenvalue weighted by Crippen LogP contribution is -2.51. The molecule has 1 saturated heterocycles. The Balaban J connectivity index is 1.34. The summed E-state index contributed by atoms with van der Waals surface area (Å²) in [6.45, 7) is 4.13. The van der Waals surface area contributed by atoms with Crippen LogP contribution in [0, 0.1) is 0 Å². The Labute approximate surface area is 190 Å². The number of carbonyl (C=O) groups excluding carboxylic acids is 3. The molecule has 32 heavy (non-hydrogen) atoms. The lowest BCUT2D eigenvalue weighted by molar-refractivity contribution is -0.140. The number of unbranched alkanes of at least 4 members (excludes halogenated alkanes) is 3. The largest absolute Gasteiger partial charge is 0.483 e. The quantitative estimate of drug-likeness (QED) is 0.493. The third kappa shape index (κ3) is 6.81. The van der Waals surface area contributed by atoms with E-state index in [1.807, 2.05) is 54.3 Å². The molecule has 0 aliphatic carbocycles. The Kier molecular flexibility index (Phi) is 9.08. The normalized spacial score (nSPS) is 13.9. The second-order valence-electron chi connectivity index (χ2n) is 8.33. The highest BCUT2D eigenvalue weighted by atomic mass is 16.5. The van der Waals surface area contributed by atoms with Crippen LogP contribution in [0.5, 0.6) is 5.75 Å². The van der Waals surface area contributed by atoms with E-state index in [1.54, 1.807) is 4.90 Å². The van der Waals surface area contributed by atoms with Crippen molar-refractivity contribution < 1.29 is 19.1 Å². The van der Waals surface area contributed by atoms with Crippen LogP contribution in [0.15, 0.2) is 42.5 Å². The van der Waals surface area contributed by atoms with E-state index in [2.05, 4.69) is 0 Å².